The molecule has 1 aromatic heterocycles. The molecule has 0 amide bonds. The molecule has 4 heteroatoms. The van der Waals surface area contributed by atoms with Gasteiger partial charge < -0.3 is 0 Å². The summed E-state index contributed by atoms with van der Waals surface area (Å²) < 4.78 is 0.717. The molecule has 0 atom stereocenters. The monoisotopic (exact) mass is 238 g/mol. The van der Waals surface area contributed by atoms with E-state index in [-0.39, 0.29) is 4.69 Å². The molecule has 0 aliphatic carbocycles. The normalized spacial score (nSPS) is 9.80. The highest BCUT2D eigenvalue weighted by Crippen LogP contribution is 2.22. The first-order valence-corrected chi connectivity index (χ1v) is 4.60. The maximum Gasteiger partial charge on any atom is 0.202 e. The summed E-state index contributed by atoms with van der Waals surface area (Å²) in [5.41, 5.74) is 0. The fraction of sp³-hybridized carbons (Fsp3) is 0.167. The number of carbonyl (C=O) groups is 1. The van der Waals surface area contributed by atoms with Crippen molar-refractivity contribution in [2.24, 2.45) is 0 Å². The van der Waals surface area contributed by atoms with Crippen LogP contribution >= 0.6 is 38.9 Å². The Morgan fingerprint density at radius 2 is 2.40 bits per heavy atom. The smallest absolute Gasteiger partial charge is 0.202 e. The average Bonchev–Trinajstić information content (AvgIpc) is 2.13. The van der Waals surface area contributed by atoms with Crippen molar-refractivity contribution >= 4 is 43.6 Å². The molecule has 0 aromatic carbocycles. The van der Waals surface area contributed by atoms with E-state index in [9.17, 15) is 4.79 Å². The van der Waals surface area contributed by atoms with E-state index in [1.54, 1.807) is 6.07 Å². The molecule has 10 heavy (non-hydrogen) atoms. The van der Waals surface area contributed by atoms with Crippen LogP contribution < -0.4 is 0 Å². The number of rotatable bonds is 2. The van der Waals surface area contributed by atoms with Crippen molar-refractivity contribution in [2.45, 2.75) is 6.42 Å². The Balaban J connectivity index is 2.67. The lowest BCUT2D eigenvalue weighted by Gasteiger charge is -1.85. The van der Waals surface area contributed by atoms with Crippen LogP contribution in [0.3, 0.4) is 0 Å². The summed E-state index contributed by atoms with van der Waals surface area (Å²) in [7, 11) is 0. The van der Waals surface area contributed by atoms with Crippen molar-refractivity contribution in [3.63, 3.8) is 0 Å². The van der Waals surface area contributed by atoms with Gasteiger partial charge in [-0.25, -0.2) is 0 Å². The number of carbonyl (C=O) groups excluding carboxylic acids is 1. The summed E-state index contributed by atoms with van der Waals surface area (Å²) >= 11 is 9.91. The molecule has 1 aromatic rings. The third-order valence-corrected chi connectivity index (χ3v) is 2.45. The third kappa shape index (κ3) is 2.40. The molecule has 0 aliphatic rings. The number of hydrogen-bond acceptors (Lipinski definition) is 2. The van der Waals surface area contributed by atoms with Crippen LogP contribution in [0, 0.1) is 0 Å². The SMILES string of the molecule is O=C(Br)Cc1ccc(Cl)s1. The quantitative estimate of drug-likeness (QED) is 0.725. The molecule has 0 radical (unpaired) electrons. The Morgan fingerprint density at radius 1 is 1.70 bits per heavy atom. The van der Waals surface area contributed by atoms with Gasteiger partial charge in [-0.3, -0.25) is 4.79 Å². The minimum Gasteiger partial charge on any atom is -0.286 e. The van der Waals surface area contributed by atoms with Gasteiger partial charge in [0.1, 0.15) is 0 Å². The molecule has 0 N–H and O–H groups in total. The molecule has 0 saturated carbocycles. The maximum atomic E-state index is 10.5. The second-order valence-corrected chi connectivity index (χ2v) is 4.42. The van der Waals surface area contributed by atoms with Crippen molar-refractivity contribution in [3.8, 4) is 0 Å². The van der Waals surface area contributed by atoms with Crippen LogP contribution in [-0.2, 0) is 11.2 Å². The molecule has 0 spiro atoms. The predicted molar refractivity (Wildman–Crippen MR) is 47.0 cm³/mol. The molecule has 54 valence electrons. The average molecular weight is 240 g/mol. The zero-order valence-electron chi connectivity index (χ0n) is 4.93. The van der Waals surface area contributed by atoms with Crippen LogP contribution in [-0.4, -0.2) is 4.69 Å². The Morgan fingerprint density at radius 3 is 2.80 bits per heavy atom. The van der Waals surface area contributed by atoms with E-state index in [2.05, 4.69) is 15.9 Å². The maximum absolute atomic E-state index is 10.5. The van der Waals surface area contributed by atoms with Crippen LogP contribution in [0.4, 0.5) is 0 Å². The highest BCUT2D eigenvalue weighted by molar-refractivity contribution is 9.18. The highest BCUT2D eigenvalue weighted by atomic mass is 79.9. The van der Waals surface area contributed by atoms with Crippen LogP contribution in [0.25, 0.3) is 0 Å². The summed E-state index contributed by atoms with van der Waals surface area (Å²) in [6.45, 7) is 0. The van der Waals surface area contributed by atoms with Crippen molar-refractivity contribution in [1.82, 2.24) is 0 Å². The molecular weight excluding hydrogens is 235 g/mol. The predicted octanol–water partition coefficient (Wildman–Crippen LogP) is 2.87. The van der Waals surface area contributed by atoms with Crippen LogP contribution in [0.15, 0.2) is 12.1 Å². The van der Waals surface area contributed by atoms with E-state index in [0.29, 0.717) is 6.42 Å². The lowest BCUT2D eigenvalue weighted by molar-refractivity contribution is -0.109. The van der Waals surface area contributed by atoms with Crippen LogP contribution in [0.2, 0.25) is 4.34 Å². The fourth-order valence-corrected chi connectivity index (χ4v) is 2.16. The topological polar surface area (TPSA) is 17.1 Å². The van der Waals surface area contributed by atoms with E-state index in [1.807, 2.05) is 6.07 Å². The first kappa shape index (κ1) is 8.24. The standard InChI is InChI=1S/C6H4BrClOS/c7-5(9)3-4-1-2-6(8)10-4/h1-2H,3H2. The molecule has 0 aliphatic heterocycles. The van der Waals surface area contributed by atoms with E-state index in [1.165, 1.54) is 11.3 Å². The zero-order valence-corrected chi connectivity index (χ0v) is 8.09. The van der Waals surface area contributed by atoms with Crippen molar-refractivity contribution in [3.05, 3.63) is 21.3 Å². The minimum atomic E-state index is -0.00832. The molecule has 0 fully saturated rings. The van der Waals surface area contributed by atoms with E-state index in [0.717, 1.165) is 9.21 Å². The van der Waals surface area contributed by atoms with Gasteiger partial charge in [-0.15, -0.1) is 11.3 Å². The van der Waals surface area contributed by atoms with Crippen molar-refractivity contribution in [2.75, 3.05) is 0 Å². The number of halogens is 2. The van der Waals surface area contributed by atoms with Gasteiger partial charge in [0, 0.05) is 4.88 Å². The van der Waals surface area contributed by atoms with Crippen LogP contribution in [0.1, 0.15) is 4.88 Å². The van der Waals surface area contributed by atoms with Gasteiger partial charge in [-0.2, -0.15) is 0 Å². The summed E-state index contributed by atoms with van der Waals surface area (Å²) in [5.74, 6) is 0. The van der Waals surface area contributed by atoms with Crippen molar-refractivity contribution in [1.29, 1.82) is 0 Å². The van der Waals surface area contributed by atoms with Gasteiger partial charge in [0.05, 0.1) is 10.8 Å². The highest BCUT2D eigenvalue weighted by Gasteiger charge is 2.01. The lowest BCUT2D eigenvalue weighted by Crippen LogP contribution is -1.87. The zero-order chi connectivity index (χ0) is 7.56. The van der Waals surface area contributed by atoms with Gasteiger partial charge in [-0.05, 0) is 28.1 Å². The second-order valence-electron chi connectivity index (χ2n) is 1.74. The Labute approximate surface area is 76.1 Å². The van der Waals surface area contributed by atoms with Crippen LogP contribution in [0.5, 0.6) is 0 Å². The number of hydrogen-bond donors (Lipinski definition) is 0. The molecular formula is C6H4BrClOS. The Kier molecular flexibility index (Phi) is 2.89. The minimum absolute atomic E-state index is 0.00832. The Bertz CT molecular complexity index is 246. The molecule has 1 rings (SSSR count). The van der Waals surface area contributed by atoms with E-state index >= 15 is 0 Å². The fourth-order valence-electron chi connectivity index (χ4n) is 0.584. The second kappa shape index (κ2) is 3.51. The molecule has 0 bridgehead atoms. The van der Waals surface area contributed by atoms with Gasteiger partial charge in [0.15, 0.2) is 0 Å². The first-order valence-electron chi connectivity index (χ1n) is 2.61. The summed E-state index contributed by atoms with van der Waals surface area (Å²) in [5, 5.41) is 0. The largest absolute Gasteiger partial charge is 0.286 e. The third-order valence-electron chi connectivity index (χ3n) is 0.942. The van der Waals surface area contributed by atoms with Gasteiger partial charge in [-0.1, -0.05) is 11.6 Å². The Hall–Kier alpha value is 0.140. The lowest BCUT2D eigenvalue weighted by atomic mass is 10.4. The molecule has 0 unspecified atom stereocenters. The number of thiophene rings is 1. The first-order chi connectivity index (χ1) is 4.68. The van der Waals surface area contributed by atoms with Gasteiger partial charge >= 0.3 is 0 Å². The van der Waals surface area contributed by atoms with Crippen molar-refractivity contribution < 1.29 is 4.79 Å². The summed E-state index contributed by atoms with van der Waals surface area (Å²) in [4.78, 5) is 11.5. The van der Waals surface area contributed by atoms with Gasteiger partial charge in [0.2, 0.25) is 4.69 Å². The molecule has 1 nitrogen and oxygen atoms in total. The summed E-state index contributed by atoms with van der Waals surface area (Å²) in [6, 6.07) is 3.64. The van der Waals surface area contributed by atoms with E-state index < -0.39 is 0 Å². The molecule has 0 saturated heterocycles. The molecule has 1 heterocycles. The summed E-state index contributed by atoms with van der Waals surface area (Å²) in [6.07, 6.45) is 0.428. The van der Waals surface area contributed by atoms with Gasteiger partial charge in [0.25, 0.3) is 0 Å². The van der Waals surface area contributed by atoms with E-state index in [4.69, 9.17) is 11.6 Å².